The van der Waals surface area contributed by atoms with E-state index in [0.29, 0.717) is 11.8 Å². The van der Waals surface area contributed by atoms with Crippen molar-refractivity contribution in [2.24, 2.45) is 11.8 Å². The van der Waals surface area contributed by atoms with E-state index in [1.165, 1.54) is 66.1 Å². The third-order valence-corrected chi connectivity index (χ3v) is 8.26. The van der Waals surface area contributed by atoms with Crippen LogP contribution in [0.25, 0.3) is 43.8 Å². The molecule has 0 atom stereocenters. The topological polar surface area (TPSA) is 0 Å². The Labute approximate surface area is 323 Å². The van der Waals surface area contributed by atoms with E-state index in [9.17, 15) is 0 Å². The van der Waals surface area contributed by atoms with E-state index in [1.54, 1.807) is 0 Å². The van der Waals surface area contributed by atoms with Gasteiger partial charge in [-0.15, -0.1) is 93.9 Å². The fourth-order valence-electron chi connectivity index (χ4n) is 6.12. The Morgan fingerprint density at radius 2 is 0.875 bits per heavy atom. The van der Waals surface area contributed by atoms with Crippen molar-refractivity contribution in [1.82, 2.24) is 0 Å². The Bertz CT molecular complexity index is 1620. The average molecular weight is 844 g/mol. The molecule has 3 heteroatoms. The van der Waals surface area contributed by atoms with E-state index in [4.69, 9.17) is 0 Å². The summed E-state index contributed by atoms with van der Waals surface area (Å²) >= 11 is 0. The number of halogens is 2. The van der Waals surface area contributed by atoms with Gasteiger partial charge in [0, 0.05) is 0 Å². The van der Waals surface area contributed by atoms with Gasteiger partial charge in [-0.1, -0.05) is 113 Å². The maximum atomic E-state index is 3.38. The van der Waals surface area contributed by atoms with Crippen LogP contribution in [0.15, 0.2) is 109 Å². The second-order valence-corrected chi connectivity index (χ2v) is 13.0. The summed E-state index contributed by atoms with van der Waals surface area (Å²) < 4.78 is 0. The van der Waals surface area contributed by atoms with Crippen molar-refractivity contribution in [1.29, 1.82) is 0 Å². The first-order chi connectivity index (χ1) is 21.8. The summed E-state index contributed by atoms with van der Waals surface area (Å²) in [5, 5.41) is 5.50. The molecule has 252 valence electrons. The van der Waals surface area contributed by atoms with Crippen LogP contribution in [0.4, 0.5) is 0 Å². The van der Waals surface area contributed by atoms with E-state index < -0.39 is 0 Å². The van der Waals surface area contributed by atoms with Gasteiger partial charge in [0.15, 0.2) is 0 Å². The van der Waals surface area contributed by atoms with Crippen molar-refractivity contribution in [3.05, 3.63) is 145 Å². The fraction of sp³-hybridized carbons (Fsp3) is 0.289. The molecule has 0 N–H and O–H groups in total. The van der Waals surface area contributed by atoms with Gasteiger partial charge < -0.3 is 20.3 Å². The van der Waals surface area contributed by atoms with Crippen LogP contribution < -0.4 is 0 Å². The molecule has 0 heterocycles. The minimum atomic E-state index is 0. The van der Waals surface area contributed by atoms with Crippen LogP contribution in [0.3, 0.4) is 0 Å². The van der Waals surface area contributed by atoms with Crippen LogP contribution in [-0.4, -0.2) is 0 Å². The van der Waals surface area contributed by atoms with Crippen LogP contribution in [0.2, 0.25) is 0 Å². The number of benzene rings is 4. The molecular weight excluding hydrogens is 790 g/mol. The standard InChI is InChI=1S/2C21H23.C3H6.2ClH.Hf/c2*1-4-16-8-10-18(11-9-16)20-7-5-6-19-13-17(12-15(2)3)14-21(19)20;1-3-2;;;/h2*5-11,13-15H,4,12H2,1-3H3;1-3H2;2*1H;/q2*-1;-2;;;+4. The van der Waals surface area contributed by atoms with Crippen molar-refractivity contribution in [2.45, 2.75) is 73.6 Å². The molecule has 0 aliphatic rings. The summed E-state index contributed by atoms with van der Waals surface area (Å²) in [4.78, 5) is 0. The molecular formula is C45H54Cl2Hf. The maximum Gasteiger partial charge on any atom is 4.00 e. The van der Waals surface area contributed by atoms with Crippen LogP contribution in [0, 0.1) is 25.7 Å². The van der Waals surface area contributed by atoms with Crippen molar-refractivity contribution in [3.63, 3.8) is 0 Å². The van der Waals surface area contributed by atoms with Crippen LogP contribution in [-0.2, 0) is 51.5 Å². The summed E-state index contributed by atoms with van der Waals surface area (Å²) in [5.74, 6) is 1.41. The largest absolute Gasteiger partial charge is 4.00 e. The van der Waals surface area contributed by atoms with Gasteiger partial charge in [-0.3, -0.25) is 0 Å². The second-order valence-electron chi connectivity index (χ2n) is 13.0. The van der Waals surface area contributed by atoms with Gasteiger partial charge in [0.25, 0.3) is 0 Å². The predicted octanol–water partition coefficient (Wildman–Crippen LogP) is 13.9. The van der Waals surface area contributed by atoms with Crippen molar-refractivity contribution >= 4 is 46.4 Å². The van der Waals surface area contributed by atoms with E-state index in [-0.39, 0.29) is 50.7 Å². The van der Waals surface area contributed by atoms with Crippen molar-refractivity contribution in [3.8, 4) is 22.3 Å². The number of fused-ring (bicyclic) bond motifs is 2. The molecule has 0 aliphatic carbocycles. The minimum Gasteiger partial charge on any atom is -0.372 e. The molecule has 6 aromatic rings. The quantitative estimate of drug-likeness (QED) is 0.106. The van der Waals surface area contributed by atoms with Crippen LogP contribution in [0.5, 0.6) is 0 Å². The Hall–Kier alpha value is -2.45. The van der Waals surface area contributed by atoms with Gasteiger partial charge in [-0.2, -0.15) is 12.1 Å². The van der Waals surface area contributed by atoms with E-state index >= 15 is 0 Å². The molecule has 0 nitrogen and oxygen atoms in total. The summed E-state index contributed by atoms with van der Waals surface area (Å²) in [6.45, 7) is 20.3. The molecule has 0 saturated heterocycles. The molecule has 0 saturated carbocycles. The van der Waals surface area contributed by atoms with Crippen molar-refractivity contribution < 1.29 is 25.8 Å². The van der Waals surface area contributed by atoms with Crippen LogP contribution in [0.1, 0.15) is 70.2 Å². The third-order valence-electron chi connectivity index (χ3n) is 8.26. The zero-order valence-electron chi connectivity index (χ0n) is 29.8. The van der Waals surface area contributed by atoms with Gasteiger partial charge in [0.1, 0.15) is 0 Å². The summed E-state index contributed by atoms with van der Waals surface area (Å²) in [7, 11) is 0. The molecule has 0 spiro atoms. The van der Waals surface area contributed by atoms with Gasteiger partial charge in [-0.05, 0) is 59.8 Å². The van der Waals surface area contributed by atoms with Gasteiger partial charge >= 0.3 is 25.8 Å². The Balaban J connectivity index is 0.000000420. The average Bonchev–Trinajstić information content (AvgIpc) is 3.64. The molecule has 0 bridgehead atoms. The first-order valence-corrected chi connectivity index (χ1v) is 16.9. The first-order valence-electron chi connectivity index (χ1n) is 16.9. The molecule has 6 rings (SSSR count). The monoisotopic (exact) mass is 844 g/mol. The summed E-state index contributed by atoms with van der Waals surface area (Å²) in [6.07, 6.45) is 5.25. The zero-order valence-corrected chi connectivity index (χ0v) is 35.0. The van der Waals surface area contributed by atoms with E-state index in [1.807, 2.05) is 0 Å². The molecule has 6 aromatic carbocycles. The minimum absolute atomic E-state index is 0. The molecule has 48 heavy (non-hydrogen) atoms. The van der Waals surface area contributed by atoms with Crippen molar-refractivity contribution in [2.75, 3.05) is 0 Å². The molecule has 0 amide bonds. The maximum absolute atomic E-state index is 3.38. The van der Waals surface area contributed by atoms with E-state index in [0.717, 1.165) is 32.1 Å². The second kappa shape index (κ2) is 21.6. The zero-order chi connectivity index (χ0) is 32.3. The smallest absolute Gasteiger partial charge is 0.372 e. The Morgan fingerprint density at radius 3 is 1.17 bits per heavy atom. The third kappa shape index (κ3) is 11.9. The number of hydrogen-bond donors (Lipinski definition) is 0. The predicted molar refractivity (Wildman–Crippen MR) is 216 cm³/mol. The molecule has 0 aliphatic heterocycles. The van der Waals surface area contributed by atoms with Gasteiger partial charge in [-0.25, -0.2) is 0 Å². The van der Waals surface area contributed by atoms with Gasteiger partial charge in [0.05, 0.1) is 0 Å². The molecule has 0 fully saturated rings. The molecule has 0 radical (unpaired) electrons. The first kappa shape index (κ1) is 43.6. The number of rotatable bonds is 8. The Morgan fingerprint density at radius 1 is 0.542 bits per heavy atom. The normalized spacial score (nSPS) is 10.4. The SMILES string of the molecule is CCc1ccc(-c2cccc3[cH-]c(CC(C)C)cc23)cc1.CCc1ccc(-c2cccc3[cH-]c(CC(C)C)cc23)cc1.Cl.Cl.[CH2-]C[CH2-].[Hf+4]. The molecule has 0 aromatic heterocycles. The number of hydrogen-bond acceptors (Lipinski definition) is 0. The fourth-order valence-corrected chi connectivity index (χ4v) is 6.12. The summed E-state index contributed by atoms with van der Waals surface area (Å²) in [5.41, 5.74) is 11.0. The molecule has 0 unspecified atom stereocenters. The Kier molecular flexibility index (Phi) is 19.6. The van der Waals surface area contributed by atoms with Gasteiger partial charge in [0.2, 0.25) is 0 Å². The van der Waals surface area contributed by atoms with E-state index in [2.05, 4.69) is 165 Å². The number of aryl methyl sites for hydroxylation is 2. The van der Waals surface area contributed by atoms with Crippen LogP contribution >= 0.6 is 24.8 Å². The summed E-state index contributed by atoms with van der Waals surface area (Å²) in [6, 6.07) is 40.7.